The Balaban J connectivity index is 2.49. The Morgan fingerprint density at radius 1 is 1.44 bits per heavy atom. The summed E-state index contributed by atoms with van der Waals surface area (Å²) in [5.41, 5.74) is 6.42. The maximum atomic E-state index is 5.64. The van der Waals surface area contributed by atoms with Crippen molar-refractivity contribution in [3.63, 3.8) is 0 Å². The van der Waals surface area contributed by atoms with Gasteiger partial charge in [0.15, 0.2) is 0 Å². The van der Waals surface area contributed by atoms with Crippen molar-refractivity contribution in [2.24, 2.45) is 5.73 Å². The lowest BCUT2D eigenvalue weighted by molar-refractivity contribution is 0.00535. The highest BCUT2D eigenvalue weighted by atomic mass is 16.5. The number of hydrogen-bond acceptors (Lipinski definition) is 4. The van der Waals surface area contributed by atoms with E-state index in [4.69, 9.17) is 15.2 Å². The summed E-state index contributed by atoms with van der Waals surface area (Å²) in [7, 11) is 1.70. The topological polar surface area (TPSA) is 57.4 Å². The molecule has 0 saturated carbocycles. The molecule has 0 unspecified atom stereocenters. The van der Waals surface area contributed by atoms with Gasteiger partial charge in [-0.25, -0.2) is 0 Å². The number of rotatable bonds is 6. The van der Waals surface area contributed by atoms with E-state index >= 15 is 0 Å². The van der Waals surface area contributed by atoms with Crippen LogP contribution in [0.2, 0.25) is 0 Å². The molecule has 4 heteroatoms. The van der Waals surface area contributed by atoms with Crippen molar-refractivity contribution in [3.05, 3.63) is 24.0 Å². The van der Waals surface area contributed by atoms with Crippen molar-refractivity contribution in [2.45, 2.75) is 32.4 Å². The van der Waals surface area contributed by atoms with Crippen molar-refractivity contribution < 1.29 is 9.47 Å². The molecule has 1 rings (SSSR count). The highest BCUT2D eigenvalue weighted by Crippen LogP contribution is 2.18. The van der Waals surface area contributed by atoms with Crippen LogP contribution in [0.25, 0.3) is 0 Å². The molecule has 0 aliphatic heterocycles. The Kier molecular flexibility index (Phi) is 4.71. The van der Waals surface area contributed by atoms with Crippen molar-refractivity contribution in [1.82, 2.24) is 4.98 Å². The van der Waals surface area contributed by atoms with E-state index in [1.54, 1.807) is 19.5 Å². The van der Waals surface area contributed by atoms with Crippen LogP contribution in [0.1, 0.15) is 25.8 Å². The largest absolute Gasteiger partial charge is 0.492 e. The number of aromatic nitrogens is 1. The van der Waals surface area contributed by atoms with Crippen LogP contribution in [-0.4, -0.2) is 24.3 Å². The predicted octanol–water partition coefficient (Wildman–Crippen LogP) is 1.73. The summed E-state index contributed by atoms with van der Waals surface area (Å²) in [5.74, 6) is 0.761. The van der Waals surface area contributed by atoms with Gasteiger partial charge < -0.3 is 15.2 Å². The van der Waals surface area contributed by atoms with Crippen LogP contribution in [0.15, 0.2) is 18.5 Å². The third-order valence-electron chi connectivity index (χ3n) is 2.60. The molecule has 1 aromatic rings. The van der Waals surface area contributed by atoms with Crippen LogP contribution in [0.3, 0.4) is 0 Å². The molecule has 4 nitrogen and oxygen atoms in total. The third kappa shape index (κ3) is 3.79. The molecule has 0 radical (unpaired) electrons. The molecule has 0 saturated heterocycles. The zero-order chi connectivity index (χ0) is 12.0. The molecule has 90 valence electrons. The third-order valence-corrected chi connectivity index (χ3v) is 2.60. The van der Waals surface area contributed by atoms with Gasteiger partial charge in [0.05, 0.1) is 18.4 Å². The van der Waals surface area contributed by atoms with Crippen molar-refractivity contribution in [2.75, 3.05) is 13.7 Å². The maximum Gasteiger partial charge on any atom is 0.142 e. The first kappa shape index (κ1) is 12.9. The fourth-order valence-corrected chi connectivity index (χ4v) is 1.22. The van der Waals surface area contributed by atoms with E-state index in [0.29, 0.717) is 13.2 Å². The first-order valence-electron chi connectivity index (χ1n) is 5.40. The molecule has 0 spiro atoms. The Labute approximate surface area is 96.8 Å². The minimum absolute atomic E-state index is 0.162. The second kappa shape index (κ2) is 5.82. The van der Waals surface area contributed by atoms with Crippen LogP contribution in [-0.2, 0) is 11.3 Å². The van der Waals surface area contributed by atoms with Gasteiger partial charge in [0.25, 0.3) is 0 Å². The second-order valence-electron chi connectivity index (χ2n) is 4.25. The quantitative estimate of drug-likeness (QED) is 0.799. The number of nitrogens with zero attached hydrogens (tertiary/aromatic N) is 1. The minimum Gasteiger partial charge on any atom is -0.492 e. The minimum atomic E-state index is -0.162. The molecule has 16 heavy (non-hydrogen) atoms. The average Bonchev–Trinajstić information content (AvgIpc) is 2.29. The highest BCUT2D eigenvalue weighted by molar-refractivity contribution is 5.29. The molecule has 1 aromatic heterocycles. The van der Waals surface area contributed by atoms with Gasteiger partial charge in [0.2, 0.25) is 0 Å². The molecule has 0 aromatic carbocycles. The fraction of sp³-hybridized carbons (Fsp3) is 0.583. The summed E-state index contributed by atoms with van der Waals surface area (Å²) in [6.45, 7) is 5.12. The van der Waals surface area contributed by atoms with E-state index < -0.39 is 0 Å². The Bertz CT molecular complexity index is 327. The summed E-state index contributed by atoms with van der Waals surface area (Å²) in [6.07, 6.45) is 4.23. The molecule has 1 heterocycles. The van der Waals surface area contributed by atoms with E-state index in [9.17, 15) is 0 Å². The van der Waals surface area contributed by atoms with Gasteiger partial charge in [-0.05, 0) is 19.9 Å². The number of hydrogen-bond donors (Lipinski definition) is 1. The summed E-state index contributed by atoms with van der Waals surface area (Å²) < 4.78 is 11.0. The van der Waals surface area contributed by atoms with Gasteiger partial charge in [-0.15, -0.1) is 0 Å². The first-order chi connectivity index (χ1) is 7.59. The van der Waals surface area contributed by atoms with Crippen LogP contribution in [0.4, 0.5) is 0 Å². The fourth-order valence-electron chi connectivity index (χ4n) is 1.22. The maximum absolute atomic E-state index is 5.64. The monoisotopic (exact) mass is 224 g/mol. The number of methoxy groups -OCH3 is 1. The van der Waals surface area contributed by atoms with Crippen LogP contribution in [0, 0.1) is 0 Å². The Morgan fingerprint density at radius 3 is 2.81 bits per heavy atom. The van der Waals surface area contributed by atoms with Crippen molar-refractivity contribution in [1.29, 1.82) is 0 Å². The van der Waals surface area contributed by atoms with Crippen LogP contribution in [0.5, 0.6) is 5.75 Å². The SMILES string of the molecule is COC(C)(C)CCOc1cnccc1CN. The van der Waals surface area contributed by atoms with E-state index in [0.717, 1.165) is 17.7 Å². The van der Waals surface area contributed by atoms with Gasteiger partial charge >= 0.3 is 0 Å². The molecular weight excluding hydrogens is 204 g/mol. The summed E-state index contributed by atoms with van der Waals surface area (Å²) >= 11 is 0. The first-order valence-corrected chi connectivity index (χ1v) is 5.40. The van der Waals surface area contributed by atoms with Gasteiger partial charge in [0, 0.05) is 31.8 Å². The molecule has 0 amide bonds. The average molecular weight is 224 g/mol. The highest BCUT2D eigenvalue weighted by Gasteiger charge is 2.16. The normalized spacial score (nSPS) is 11.5. The van der Waals surface area contributed by atoms with Crippen molar-refractivity contribution >= 4 is 0 Å². The van der Waals surface area contributed by atoms with Gasteiger partial charge in [-0.1, -0.05) is 0 Å². The van der Waals surface area contributed by atoms with Crippen LogP contribution < -0.4 is 10.5 Å². The summed E-state index contributed by atoms with van der Waals surface area (Å²) in [4.78, 5) is 4.02. The van der Waals surface area contributed by atoms with E-state index in [-0.39, 0.29) is 5.60 Å². The molecule has 0 atom stereocenters. The zero-order valence-electron chi connectivity index (χ0n) is 10.2. The van der Waals surface area contributed by atoms with Crippen molar-refractivity contribution in [3.8, 4) is 5.75 Å². The molecular formula is C12H20N2O2. The van der Waals surface area contributed by atoms with Gasteiger partial charge in [-0.2, -0.15) is 0 Å². The second-order valence-corrected chi connectivity index (χ2v) is 4.25. The number of nitrogens with two attached hydrogens (primary N) is 1. The lowest BCUT2D eigenvalue weighted by Crippen LogP contribution is -2.25. The lowest BCUT2D eigenvalue weighted by atomic mass is 10.1. The molecule has 0 aliphatic rings. The molecule has 2 N–H and O–H groups in total. The molecule has 0 bridgehead atoms. The predicted molar refractivity (Wildman–Crippen MR) is 63.3 cm³/mol. The number of ether oxygens (including phenoxy) is 2. The Hall–Kier alpha value is -1.13. The Morgan fingerprint density at radius 2 is 2.19 bits per heavy atom. The van der Waals surface area contributed by atoms with Crippen LogP contribution >= 0.6 is 0 Å². The van der Waals surface area contributed by atoms with E-state index in [2.05, 4.69) is 4.98 Å². The van der Waals surface area contributed by atoms with Gasteiger partial charge in [0.1, 0.15) is 5.75 Å². The number of pyridine rings is 1. The molecule has 0 aliphatic carbocycles. The molecule has 0 fully saturated rings. The lowest BCUT2D eigenvalue weighted by Gasteiger charge is -2.22. The van der Waals surface area contributed by atoms with Gasteiger partial charge in [-0.3, -0.25) is 4.98 Å². The van der Waals surface area contributed by atoms with E-state index in [1.807, 2.05) is 19.9 Å². The van der Waals surface area contributed by atoms with E-state index in [1.165, 1.54) is 0 Å². The smallest absolute Gasteiger partial charge is 0.142 e. The zero-order valence-corrected chi connectivity index (χ0v) is 10.2. The standard InChI is InChI=1S/C12H20N2O2/c1-12(2,15-3)5-7-16-11-9-14-6-4-10(11)8-13/h4,6,9H,5,7-8,13H2,1-3H3. The summed E-state index contributed by atoms with van der Waals surface area (Å²) in [5, 5.41) is 0. The summed E-state index contributed by atoms with van der Waals surface area (Å²) in [6, 6.07) is 1.87.